The Labute approximate surface area is 159 Å². The van der Waals surface area contributed by atoms with E-state index in [0.717, 1.165) is 37.0 Å². The van der Waals surface area contributed by atoms with Gasteiger partial charge in [0.05, 0.1) is 13.7 Å². The number of imide groups is 1. The number of hydrogen-bond donors (Lipinski definition) is 2. The summed E-state index contributed by atoms with van der Waals surface area (Å²) < 4.78 is 5.11. The van der Waals surface area contributed by atoms with Crippen LogP contribution >= 0.6 is 0 Å². The highest BCUT2D eigenvalue weighted by Gasteiger charge is 2.37. The molecule has 1 saturated heterocycles. The fourth-order valence-electron chi connectivity index (χ4n) is 3.66. The lowest BCUT2D eigenvalue weighted by Gasteiger charge is -2.22. The zero-order chi connectivity index (χ0) is 19.2. The molecule has 1 aromatic rings. The number of carbonyl (C=O) groups excluding carboxylic acids is 3. The van der Waals surface area contributed by atoms with Crippen molar-refractivity contribution in [2.45, 2.75) is 63.6 Å². The van der Waals surface area contributed by atoms with Crippen molar-refractivity contribution >= 4 is 17.8 Å². The van der Waals surface area contributed by atoms with E-state index in [2.05, 4.69) is 10.6 Å². The Morgan fingerprint density at radius 3 is 2.56 bits per heavy atom. The second kappa shape index (κ2) is 8.88. The second-order valence-corrected chi connectivity index (χ2v) is 7.22. The average Bonchev–Trinajstić information content (AvgIpc) is 2.95. The maximum atomic E-state index is 12.5. The van der Waals surface area contributed by atoms with Gasteiger partial charge in [0.25, 0.3) is 5.91 Å². The van der Waals surface area contributed by atoms with Crippen LogP contribution in [0, 0.1) is 0 Å². The molecule has 1 saturated carbocycles. The standard InChI is InChI=1S/C20H27N3O4/c1-27-16-9-7-14(8-10-16)13-23-19(25)17(22-20(23)26)11-12-18(24)21-15-5-3-2-4-6-15/h7-10,15,17H,2-6,11-13H2,1H3,(H,21,24)(H,22,26)/t17-/m1/s1. The van der Waals surface area contributed by atoms with E-state index in [4.69, 9.17) is 4.74 Å². The Morgan fingerprint density at radius 2 is 1.89 bits per heavy atom. The van der Waals surface area contributed by atoms with Crippen LogP contribution in [0.25, 0.3) is 0 Å². The quantitative estimate of drug-likeness (QED) is 0.718. The third-order valence-corrected chi connectivity index (χ3v) is 5.24. The summed E-state index contributed by atoms with van der Waals surface area (Å²) >= 11 is 0. The minimum Gasteiger partial charge on any atom is -0.497 e. The summed E-state index contributed by atoms with van der Waals surface area (Å²) in [6, 6.07) is 6.45. The van der Waals surface area contributed by atoms with Crippen molar-refractivity contribution in [2.75, 3.05) is 7.11 Å². The molecule has 0 radical (unpaired) electrons. The van der Waals surface area contributed by atoms with Gasteiger partial charge in [-0.1, -0.05) is 31.4 Å². The highest BCUT2D eigenvalue weighted by molar-refractivity contribution is 6.04. The summed E-state index contributed by atoms with van der Waals surface area (Å²) in [7, 11) is 1.58. The van der Waals surface area contributed by atoms with Crippen molar-refractivity contribution in [3.05, 3.63) is 29.8 Å². The molecule has 1 aliphatic heterocycles. The van der Waals surface area contributed by atoms with Gasteiger partial charge in [-0.25, -0.2) is 4.79 Å². The molecule has 3 rings (SSSR count). The topological polar surface area (TPSA) is 87.7 Å². The summed E-state index contributed by atoms with van der Waals surface area (Å²) in [6.45, 7) is 0.208. The maximum absolute atomic E-state index is 12.5. The van der Waals surface area contributed by atoms with Crippen LogP contribution in [-0.2, 0) is 16.1 Å². The molecule has 1 atom stereocenters. The number of carbonyl (C=O) groups is 3. The summed E-state index contributed by atoms with van der Waals surface area (Å²) in [5, 5.41) is 5.73. The first-order valence-corrected chi connectivity index (χ1v) is 9.61. The summed E-state index contributed by atoms with van der Waals surface area (Å²) in [5.41, 5.74) is 0.843. The molecule has 1 aromatic carbocycles. The zero-order valence-electron chi connectivity index (χ0n) is 15.7. The van der Waals surface area contributed by atoms with Crippen molar-refractivity contribution in [3.63, 3.8) is 0 Å². The van der Waals surface area contributed by atoms with Gasteiger partial charge in [0.2, 0.25) is 5.91 Å². The Bertz CT molecular complexity index is 683. The Balaban J connectivity index is 1.48. The molecule has 2 fully saturated rings. The number of methoxy groups -OCH3 is 1. The van der Waals surface area contributed by atoms with Crippen molar-refractivity contribution in [1.82, 2.24) is 15.5 Å². The molecule has 0 aromatic heterocycles. The molecule has 0 bridgehead atoms. The third kappa shape index (κ3) is 4.99. The van der Waals surface area contributed by atoms with Gasteiger partial charge < -0.3 is 15.4 Å². The molecule has 7 nitrogen and oxygen atoms in total. The fraction of sp³-hybridized carbons (Fsp3) is 0.550. The van der Waals surface area contributed by atoms with E-state index < -0.39 is 12.1 Å². The first kappa shape index (κ1) is 19.2. The smallest absolute Gasteiger partial charge is 0.325 e. The number of benzene rings is 1. The Morgan fingerprint density at radius 1 is 1.19 bits per heavy atom. The molecular weight excluding hydrogens is 346 g/mol. The van der Waals surface area contributed by atoms with Gasteiger partial charge in [0, 0.05) is 12.5 Å². The lowest BCUT2D eigenvalue weighted by Crippen LogP contribution is -2.37. The molecule has 146 valence electrons. The summed E-state index contributed by atoms with van der Waals surface area (Å²) in [6.07, 6.45) is 6.16. The zero-order valence-corrected chi connectivity index (χ0v) is 15.7. The highest BCUT2D eigenvalue weighted by Crippen LogP contribution is 2.19. The summed E-state index contributed by atoms with van der Waals surface area (Å²) in [5.74, 6) is 0.400. The van der Waals surface area contributed by atoms with Crippen LogP contribution in [0.1, 0.15) is 50.5 Å². The van der Waals surface area contributed by atoms with Crippen LogP contribution in [-0.4, -0.2) is 41.9 Å². The van der Waals surface area contributed by atoms with Gasteiger partial charge in [-0.3, -0.25) is 14.5 Å². The summed E-state index contributed by atoms with van der Waals surface area (Å²) in [4.78, 5) is 38.0. The van der Waals surface area contributed by atoms with E-state index >= 15 is 0 Å². The van der Waals surface area contributed by atoms with Crippen LogP contribution < -0.4 is 15.4 Å². The van der Waals surface area contributed by atoms with Crippen LogP contribution in [0.3, 0.4) is 0 Å². The first-order chi connectivity index (χ1) is 13.1. The van der Waals surface area contributed by atoms with E-state index in [0.29, 0.717) is 6.42 Å². The van der Waals surface area contributed by atoms with E-state index in [-0.39, 0.29) is 30.8 Å². The fourth-order valence-corrected chi connectivity index (χ4v) is 3.66. The number of rotatable bonds is 7. The second-order valence-electron chi connectivity index (χ2n) is 7.22. The highest BCUT2D eigenvalue weighted by atomic mass is 16.5. The van der Waals surface area contributed by atoms with Crippen molar-refractivity contribution in [3.8, 4) is 5.75 Å². The number of hydrogen-bond acceptors (Lipinski definition) is 4. The van der Waals surface area contributed by atoms with E-state index in [1.54, 1.807) is 19.2 Å². The number of amides is 4. The molecule has 0 spiro atoms. The number of urea groups is 1. The van der Waals surface area contributed by atoms with E-state index in [1.165, 1.54) is 11.3 Å². The minimum absolute atomic E-state index is 0.0439. The number of ether oxygens (including phenoxy) is 1. The van der Waals surface area contributed by atoms with Gasteiger partial charge in [0.15, 0.2) is 0 Å². The lowest BCUT2D eigenvalue weighted by atomic mass is 9.95. The van der Waals surface area contributed by atoms with Crippen molar-refractivity contribution in [2.24, 2.45) is 0 Å². The van der Waals surface area contributed by atoms with Crippen molar-refractivity contribution in [1.29, 1.82) is 0 Å². The Hall–Kier alpha value is -2.57. The monoisotopic (exact) mass is 373 g/mol. The predicted molar refractivity (Wildman–Crippen MR) is 100 cm³/mol. The number of nitrogens with one attached hydrogen (secondary N) is 2. The molecule has 0 unspecified atom stereocenters. The molecule has 2 N–H and O–H groups in total. The molecule has 1 aliphatic carbocycles. The minimum atomic E-state index is -0.632. The van der Waals surface area contributed by atoms with Gasteiger partial charge >= 0.3 is 6.03 Å². The molecule has 4 amide bonds. The number of nitrogens with zero attached hydrogens (tertiary/aromatic N) is 1. The molecular formula is C20H27N3O4. The SMILES string of the molecule is COc1ccc(CN2C(=O)N[C@H](CCC(=O)NC3CCCCC3)C2=O)cc1. The van der Waals surface area contributed by atoms with Gasteiger partial charge in [-0.2, -0.15) is 0 Å². The van der Waals surface area contributed by atoms with E-state index in [9.17, 15) is 14.4 Å². The van der Waals surface area contributed by atoms with Gasteiger partial charge in [-0.05, 0) is 37.0 Å². The Kier molecular flexibility index (Phi) is 6.32. The molecule has 1 heterocycles. The molecule has 27 heavy (non-hydrogen) atoms. The van der Waals surface area contributed by atoms with Crippen LogP contribution in [0.4, 0.5) is 4.79 Å². The average molecular weight is 373 g/mol. The molecule has 7 heteroatoms. The largest absolute Gasteiger partial charge is 0.497 e. The van der Waals surface area contributed by atoms with Crippen LogP contribution in [0.5, 0.6) is 5.75 Å². The van der Waals surface area contributed by atoms with Gasteiger partial charge in [-0.15, -0.1) is 0 Å². The lowest BCUT2D eigenvalue weighted by molar-refractivity contribution is -0.128. The predicted octanol–water partition coefficient (Wildman–Crippen LogP) is 2.34. The molecule has 2 aliphatic rings. The third-order valence-electron chi connectivity index (χ3n) is 5.24. The normalized spacial score (nSPS) is 20.5. The van der Waals surface area contributed by atoms with Crippen LogP contribution in [0.2, 0.25) is 0 Å². The maximum Gasteiger partial charge on any atom is 0.325 e. The van der Waals surface area contributed by atoms with Crippen LogP contribution in [0.15, 0.2) is 24.3 Å². The van der Waals surface area contributed by atoms with E-state index in [1.807, 2.05) is 12.1 Å². The van der Waals surface area contributed by atoms with Gasteiger partial charge in [0.1, 0.15) is 11.8 Å². The first-order valence-electron chi connectivity index (χ1n) is 9.61. The van der Waals surface area contributed by atoms with Crippen molar-refractivity contribution < 1.29 is 19.1 Å².